The summed E-state index contributed by atoms with van der Waals surface area (Å²) in [6, 6.07) is 4.65. The van der Waals surface area contributed by atoms with Crippen molar-refractivity contribution in [3.05, 3.63) is 62.6 Å². The molecule has 0 radical (unpaired) electrons. The van der Waals surface area contributed by atoms with Gasteiger partial charge in [0.25, 0.3) is 11.1 Å². The Labute approximate surface area is 182 Å². The van der Waals surface area contributed by atoms with E-state index in [1.165, 1.54) is 19.5 Å². The summed E-state index contributed by atoms with van der Waals surface area (Å²) in [5.41, 5.74) is 1.08. The minimum atomic E-state index is -0.645. The number of fused-ring (bicyclic) bond motifs is 5. The van der Waals surface area contributed by atoms with E-state index >= 15 is 0 Å². The molecule has 2 bridgehead atoms. The summed E-state index contributed by atoms with van der Waals surface area (Å²) in [5, 5.41) is 6.26. The minimum absolute atomic E-state index is 0.00179. The van der Waals surface area contributed by atoms with E-state index in [0.717, 1.165) is 12.1 Å². The highest BCUT2D eigenvalue weighted by Gasteiger charge is 2.37. The van der Waals surface area contributed by atoms with Gasteiger partial charge in [0.05, 0.1) is 12.7 Å². The van der Waals surface area contributed by atoms with Crippen molar-refractivity contribution in [1.82, 2.24) is 24.2 Å². The van der Waals surface area contributed by atoms with E-state index in [-0.39, 0.29) is 40.1 Å². The second-order valence-electron chi connectivity index (χ2n) is 8.54. The Bertz CT molecular complexity index is 1300. The molecule has 10 nitrogen and oxygen atoms in total. The summed E-state index contributed by atoms with van der Waals surface area (Å²) in [5.74, 6) is -0.432. The van der Waals surface area contributed by atoms with E-state index in [9.17, 15) is 19.2 Å². The van der Waals surface area contributed by atoms with Gasteiger partial charge >= 0.3 is 5.97 Å². The lowest BCUT2D eigenvalue weighted by atomic mass is 9.83. The van der Waals surface area contributed by atoms with Gasteiger partial charge in [-0.3, -0.25) is 14.4 Å². The number of carbonyl (C=O) groups excluding carboxylic acids is 2. The molecule has 0 saturated carbocycles. The highest BCUT2D eigenvalue weighted by molar-refractivity contribution is 5.96. The molecule has 0 aliphatic carbocycles. The highest BCUT2D eigenvalue weighted by Crippen LogP contribution is 2.36. The molecule has 1 aromatic heterocycles. The van der Waals surface area contributed by atoms with Gasteiger partial charge in [0.2, 0.25) is 5.91 Å². The fraction of sp³-hybridized carbons (Fsp3) is 0.409. The molecule has 1 aromatic rings. The molecule has 4 aliphatic rings. The Morgan fingerprint density at radius 1 is 1.19 bits per heavy atom. The second kappa shape index (κ2) is 7.47. The predicted octanol–water partition coefficient (Wildman–Crippen LogP) is 0.831. The summed E-state index contributed by atoms with van der Waals surface area (Å²) in [6.07, 6.45) is 3.98. The molecule has 10 heteroatoms. The largest absolute Gasteiger partial charge is 0.465 e. The summed E-state index contributed by atoms with van der Waals surface area (Å²) in [7, 11) is 1.25. The zero-order valence-electron chi connectivity index (χ0n) is 17.8. The zero-order valence-corrected chi connectivity index (χ0v) is 17.8. The van der Waals surface area contributed by atoms with Gasteiger partial charge in [-0.15, -0.1) is 0 Å². The number of hydrogen-bond acceptors (Lipinski definition) is 6. The average molecular weight is 437 g/mol. The molecular weight excluding hydrogens is 414 g/mol. The van der Waals surface area contributed by atoms with E-state index in [4.69, 9.17) is 4.74 Å². The summed E-state index contributed by atoms with van der Waals surface area (Å²) < 4.78 is 8.22. The number of amides is 1. The van der Waals surface area contributed by atoms with Gasteiger partial charge in [-0.25, -0.2) is 9.89 Å². The van der Waals surface area contributed by atoms with Crippen molar-refractivity contribution < 1.29 is 14.3 Å². The maximum Gasteiger partial charge on any atom is 0.341 e. The molecule has 5 heterocycles. The molecule has 1 fully saturated rings. The second-order valence-corrected chi connectivity index (χ2v) is 8.54. The van der Waals surface area contributed by atoms with Crippen LogP contribution < -0.4 is 11.1 Å². The van der Waals surface area contributed by atoms with Crippen molar-refractivity contribution in [2.24, 2.45) is 5.92 Å². The van der Waals surface area contributed by atoms with Crippen molar-refractivity contribution in [3.8, 4) is 11.3 Å². The fourth-order valence-electron chi connectivity index (χ4n) is 5.01. The van der Waals surface area contributed by atoms with Crippen molar-refractivity contribution in [1.29, 1.82) is 0 Å². The molecule has 1 saturated heterocycles. The Kier molecular flexibility index (Phi) is 4.72. The van der Waals surface area contributed by atoms with Crippen LogP contribution in [0.25, 0.3) is 11.3 Å². The quantitative estimate of drug-likeness (QED) is 0.606. The summed E-state index contributed by atoms with van der Waals surface area (Å²) >= 11 is 0. The number of nitrogens with zero attached hydrogens (tertiary/aromatic N) is 4. The van der Waals surface area contributed by atoms with Gasteiger partial charge in [-0.2, -0.15) is 5.10 Å². The summed E-state index contributed by atoms with van der Waals surface area (Å²) in [6.45, 7) is 3.42. The highest BCUT2D eigenvalue weighted by atomic mass is 16.5. The number of hydrogen-bond donors (Lipinski definition) is 1. The Hall–Kier alpha value is -3.69. The molecule has 4 aliphatic heterocycles. The monoisotopic (exact) mass is 437 g/mol. The number of pyridine rings is 2. The number of ether oxygens (including phenoxy) is 1. The van der Waals surface area contributed by atoms with Crippen LogP contribution in [-0.2, 0) is 16.1 Å². The first-order valence-corrected chi connectivity index (χ1v) is 10.5. The maximum absolute atomic E-state index is 13.4. The van der Waals surface area contributed by atoms with Crippen molar-refractivity contribution in [3.63, 3.8) is 0 Å². The van der Waals surface area contributed by atoms with Crippen LogP contribution in [0.2, 0.25) is 0 Å². The number of piperidine rings is 1. The molecule has 32 heavy (non-hydrogen) atoms. The van der Waals surface area contributed by atoms with Gasteiger partial charge in [-0.1, -0.05) is 6.07 Å². The first kappa shape index (κ1) is 20.2. The van der Waals surface area contributed by atoms with Crippen LogP contribution in [0.4, 0.5) is 0 Å². The Morgan fingerprint density at radius 3 is 2.78 bits per heavy atom. The van der Waals surface area contributed by atoms with E-state index in [1.54, 1.807) is 23.6 Å². The molecule has 1 N–H and O–H groups in total. The van der Waals surface area contributed by atoms with Crippen LogP contribution >= 0.6 is 0 Å². The number of esters is 1. The molecule has 0 aromatic carbocycles. The number of likely N-dealkylation sites (tertiary alicyclic amines) is 1. The third-order valence-electron chi connectivity index (χ3n) is 6.58. The van der Waals surface area contributed by atoms with Gasteiger partial charge in [-0.05, 0) is 25.3 Å². The standard InChI is InChI=1S/C22H23N5O5/c1-12(25-10-15-19(23-24-20(15)29)16(11-25)22(31)32-2)21(30)26-7-13-6-14(9-26)17-4-3-5-18(28)27(17)8-13/h3-5,10-14H,6-9H2,1-2H3,(H,24,29)/t12-,13+,14-/m0/s1. The Morgan fingerprint density at radius 2 is 2.00 bits per heavy atom. The van der Waals surface area contributed by atoms with E-state index in [2.05, 4.69) is 10.2 Å². The lowest BCUT2D eigenvalue weighted by molar-refractivity contribution is -0.137. The number of rotatable bonds is 3. The number of aromatic nitrogens is 4. The fourth-order valence-corrected chi connectivity index (χ4v) is 5.01. The molecular formula is C22H23N5O5. The van der Waals surface area contributed by atoms with Crippen LogP contribution in [0.1, 0.15) is 41.4 Å². The predicted molar refractivity (Wildman–Crippen MR) is 114 cm³/mol. The molecule has 166 valence electrons. The van der Waals surface area contributed by atoms with Crippen LogP contribution in [0, 0.1) is 5.92 Å². The Balaban J connectivity index is 1.46. The SMILES string of the molecule is COC(=O)c1cn([C@@H](C)C(=O)N2C[C@H]3C[C@@H](C2)c2cccc(=O)n2C3)cc2c(=O)[nH]nc1-2. The average Bonchev–Trinajstić information content (AvgIpc) is 3.18. The van der Waals surface area contributed by atoms with Crippen molar-refractivity contribution in [2.45, 2.75) is 31.8 Å². The normalized spacial score (nSPS) is 20.6. The van der Waals surface area contributed by atoms with Crippen molar-refractivity contribution in [2.75, 3.05) is 20.2 Å². The van der Waals surface area contributed by atoms with Crippen LogP contribution in [0.15, 0.2) is 40.2 Å². The molecule has 3 atom stereocenters. The first-order chi connectivity index (χ1) is 15.4. The number of nitrogens with one attached hydrogen (secondary N) is 1. The number of aromatic amines is 1. The van der Waals surface area contributed by atoms with E-state index in [0.29, 0.717) is 19.6 Å². The molecule has 0 unspecified atom stereocenters. The lowest BCUT2D eigenvalue weighted by Crippen LogP contribution is -2.50. The van der Waals surface area contributed by atoms with Crippen LogP contribution in [0.3, 0.4) is 0 Å². The smallest absolute Gasteiger partial charge is 0.341 e. The number of carbonyl (C=O) groups is 2. The number of methoxy groups -OCH3 is 1. The third-order valence-corrected chi connectivity index (χ3v) is 6.58. The van der Waals surface area contributed by atoms with Gasteiger partial charge in [0, 0.05) is 49.7 Å². The minimum Gasteiger partial charge on any atom is -0.465 e. The van der Waals surface area contributed by atoms with Gasteiger partial charge < -0.3 is 18.8 Å². The summed E-state index contributed by atoms with van der Waals surface area (Å²) in [4.78, 5) is 51.9. The van der Waals surface area contributed by atoms with E-state index in [1.807, 2.05) is 15.5 Å². The van der Waals surface area contributed by atoms with Gasteiger partial charge in [0.15, 0.2) is 0 Å². The van der Waals surface area contributed by atoms with Gasteiger partial charge in [0.1, 0.15) is 17.3 Å². The first-order valence-electron chi connectivity index (χ1n) is 10.5. The number of H-pyrrole nitrogens is 1. The van der Waals surface area contributed by atoms with Crippen LogP contribution in [0.5, 0.6) is 0 Å². The maximum atomic E-state index is 13.4. The van der Waals surface area contributed by atoms with E-state index < -0.39 is 17.6 Å². The molecule has 0 spiro atoms. The zero-order chi connectivity index (χ0) is 22.6. The third kappa shape index (κ3) is 3.14. The molecule has 1 amide bonds. The van der Waals surface area contributed by atoms with Crippen molar-refractivity contribution >= 4 is 11.9 Å². The van der Waals surface area contributed by atoms with Crippen LogP contribution in [-0.4, -0.2) is 56.3 Å². The topological polar surface area (TPSA) is 119 Å². The lowest BCUT2D eigenvalue weighted by Gasteiger charge is -2.43. The molecule has 5 rings (SSSR count).